The van der Waals surface area contributed by atoms with Gasteiger partial charge in [-0.25, -0.2) is 25.5 Å². The molecular weight excluding hydrogens is 750 g/mol. The number of hydrogen-bond acceptors (Lipinski definition) is 12. The van der Waals surface area contributed by atoms with E-state index >= 15 is 0 Å². The van der Waals surface area contributed by atoms with Gasteiger partial charge < -0.3 is 46.8 Å². The normalized spacial score (nSPS) is 12.2. The molecule has 2 aromatic carbocycles. The fourth-order valence-corrected chi connectivity index (χ4v) is 6.15. The minimum Gasteiger partial charge on any atom is -0.444 e. The Morgan fingerprint density at radius 1 is 0.914 bits per heavy atom. The number of aromatic nitrogens is 3. The average molecular weight is 806 g/mol. The first-order valence-electron chi connectivity index (χ1n) is 19.3. The van der Waals surface area contributed by atoms with E-state index in [2.05, 4.69) is 42.9 Å². The molecule has 0 aliphatic rings. The molecule has 0 aliphatic carbocycles. The van der Waals surface area contributed by atoms with Crippen molar-refractivity contribution < 1.29 is 38.3 Å². The molecule has 0 aliphatic heterocycles. The number of rotatable bonds is 23. The second-order valence-corrected chi connectivity index (χ2v) is 13.8. The fourth-order valence-electron chi connectivity index (χ4n) is 6.15. The van der Waals surface area contributed by atoms with Gasteiger partial charge in [-0.3, -0.25) is 24.5 Å². The lowest BCUT2D eigenvalue weighted by Gasteiger charge is -2.25. The number of nitrogens with two attached hydrogens (primary N) is 3. The maximum atomic E-state index is 13.4. The topological polar surface area (TPSA) is 282 Å². The van der Waals surface area contributed by atoms with Gasteiger partial charge in [0.2, 0.25) is 17.7 Å². The first-order chi connectivity index (χ1) is 27.9. The van der Waals surface area contributed by atoms with E-state index in [-0.39, 0.29) is 31.3 Å². The summed E-state index contributed by atoms with van der Waals surface area (Å²) in [6.45, 7) is 7.09. The third-order valence-electron chi connectivity index (χ3n) is 9.03. The number of primary amides is 1. The number of pyridine rings is 1. The zero-order valence-electron chi connectivity index (χ0n) is 33.2. The van der Waals surface area contributed by atoms with E-state index in [1.165, 1.54) is 0 Å². The second kappa shape index (κ2) is 22.7. The van der Waals surface area contributed by atoms with Crippen LogP contribution in [0.25, 0.3) is 21.9 Å². The van der Waals surface area contributed by atoms with Crippen LogP contribution in [0.4, 0.5) is 21.1 Å². The first-order valence-corrected chi connectivity index (χ1v) is 19.3. The minimum atomic E-state index is -1.04. The van der Waals surface area contributed by atoms with E-state index in [4.69, 9.17) is 36.8 Å². The molecule has 4 aromatic rings. The molecule has 2 aromatic heterocycles. The molecule has 0 fully saturated rings. The van der Waals surface area contributed by atoms with Gasteiger partial charge in [0.25, 0.3) is 0 Å². The SMILES string of the molecule is CCCCc1nc2c(NC(=O)OCc3ccc(NC(=O)[C@@H](CCCNC(N)=O)NC(=O)[C@H](NC(=O)CON)C(C)C)cc3)nc3ccccc3c2n1CCOCCN. The van der Waals surface area contributed by atoms with Crippen molar-refractivity contribution in [3.63, 3.8) is 0 Å². The number of carbonyl (C=O) groups is 5. The van der Waals surface area contributed by atoms with E-state index in [1.807, 2.05) is 24.3 Å². The van der Waals surface area contributed by atoms with Crippen LogP contribution in [-0.2, 0) is 48.3 Å². The third kappa shape index (κ3) is 13.1. The van der Waals surface area contributed by atoms with E-state index in [0.29, 0.717) is 55.0 Å². The largest absolute Gasteiger partial charge is 0.444 e. The molecule has 0 bridgehead atoms. The molecule has 314 valence electrons. The highest BCUT2D eigenvalue weighted by atomic mass is 16.6. The molecule has 0 unspecified atom stereocenters. The Morgan fingerprint density at radius 2 is 1.67 bits per heavy atom. The number of nitrogens with one attached hydrogen (secondary N) is 5. The number of hydrogen-bond donors (Lipinski definition) is 8. The van der Waals surface area contributed by atoms with E-state index in [9.17, 15) is 24.0 Å². The lowest BCUT2D eigenvalue weighted by molar-refractivity contribution is -0.133. The molecule has 19 nitrogen and oxygen atoms in total. The summed E-state index contributed by atoms with van der Waals surface area (Å²) in [6, 6.07) is 11.5. The van der Waals surface area contributed by atoms with Gasteiger partial charge in [0, 0.05) is 37.1 Å². The van der Waals surface area contributed by atoms with Crippen molar-refractivity contribution in [1.29, 1.82) is 0 Å². The average Bonchev–Trinajstić information content (AvgIpc) is 3.57. The Bertz CT molecular complexity index is 2000. The second-order valence-electron chi connectivity index (χ2n) is 13.8. The molecule has 19 heteroatoms. The number of aryl methyl sites for hydroxylation is 1. The summed E-state index contributed by atoms with van der Waals surface area (Å²) in [5, 5.41) is 14.2. The molecule has 0 saturated carbocycles. The number of urea groups is 1. The predicted octanol–water partition coefficient (Wildman–Crippen LogP) is 2.55. The molecule has 4 rings (SSSR count). The summed E-state index contributed by atoms with van der Waals surface area (Å²) in [7, 11) is 0. The van der Waals surface area contributed by atoms with Crippen LogP contribution in [0.15, 0.2) is 48.5 Å². The van der Waals surface area contributed by atoms with Crippen molar-refractivity contribution in [3.8, 4) is 0 Å². The van der Waals surface area contributed by atoms with Crippen LogP contribution in [0.5, 0.6) is 0 Å². The van der Waals surface area contributed by atoms with Crippen LogP contribution in [0.2, 0.25) is 0 Å². The Kier molecular flexibility index (Phi) is 17.6. The fraction of sp³-hybridized carbons (Fsp3) is 0.462. The zero-order valence-corrected chi connectivity index (χ0v) is 33.2. The molecule has 0 spiro atoms. The van der Waals surface area contributed by atoms with Gasteiger partial charge in [-0.1, -0.05) is 57.5 Å². The van der Waals surface area contributed by atoms with Gasteiger partial charge in [0.1, 0.15) is 36.6 Å². The molecule has 2 atom stereocenters. The maximum Gasteiger partial charge on any atom is 0.413 e. The van der Waals surface area contributed by atoms with Crippen LogP contribution in [0.3, 0.4) is 0 Å². The molecule has 2 heterocycles. The maximum absolute atomic E-state index is 13.4. The number of para-hydroxylation sites is 1. The molecule has 11 N–H and O–H groups in total. The van der Waals surface area contributed by atoms with Crippen molar-refractivity contribution >= 4 is 63.3 Å². The zero-order chi connectivity index (χ0) is 42.0. The Hall–Kier alpha value is -5.89. The summed E-state index contributed by atoms with van der Waals surface area (Å²) in [5.41, 5.74) is 13.9. The lowest BCUT2D eigenvalue weighted by Crippen LogP contribution is -2.55. The number of unbranched alkanes of at least 4 members (excludes halogenated alkanes) is 1. The van der Waals surface area contributed by atoms with Crippen LogP contribution in [0.1, 0.15) is 57.8 Å². The summed E-state index contributed by atoms with van der Waals surface area (Å²) >= 11 is 0. The molecule has 58 heavy (non-hydrogen) atoms. The smallest absolute Gasteiger partial charge is 0.413 e. The first kappa shape index (κ1) is 44.8. The number of carbonyl (C=O) groups excluding carboxylic acids is 5. The molecule has 0 radical (unpaired) electrons. The summed E-state index contributed by atoms with van der Waals surface area (Å²) in [4.78, 5) is 77.1. The Balaban J connectivity index is 1.44. The minimum absolute atomic E-state index is 0.0888. The number of imidazole rings is 1. The predicted molar refractivity (Wildman–Crippen MR) is 218 cm³/mol. The van der Waals surface area contributed by atoms with E-state index in [0.717, 1.165) is 36.0 Å². The van der Waals surface area contributed by atoms with Crippen molar-refractivity contribution in [3.05, 3.63) is 59.9 Å². The number of fused-ring (bicyclic) bond motifs is 3. The third-order valence-corrected chi connectivity index (χ3v) is 9.03. The number of anilines is 2. The van der Waals surface area contributed by atoms with Crippen LogP contribution in [-0.4, -0.2) is 89.4 Å². The highest BCUT2D eigenvalue weighted by Crippen LogP contribution is 2.31. The van der Waals surface area contributed by atoms with Crippen molar-refractivity contribution in [2.45, 2.75) is 78.1 Å². The van der Waals surface area contributed by atoms with Crippen molar-refractivity contribution in [1.82, 2.24) is 30.5 Å². The van der Waals surface area contributed by atoms with Gasteiger partial charge in [0.15, 0.2) is 5.82 Å². The Labute approximate surface area is 336 Å². The quantitative estimate of drug-likeness (QED) is 0.0397. The summed E-state index contributed by atoms with van der Waals surface area (Å²) < 4.78 is 13.4. The van der Waals surface area contributed by atoms with E-state index < -0.39 is 48.5 Å². The summed E-state index contributed by atoms with van der Waals surface area (Å²) in [6.07, 6.45) is 2.39. The van der Waals surface area contributed by atoms with Gasteiger partial charge in [-0.2, -0.15) is 0 Å². The highest BCUT2D eigenvalue weighted by Gasteiger charge is 2.29. The van der Waals surface area contributed by atoms with Crippen LogP contribution >= 0.6 is 0 Å². The molecule has 6 amide bonds. The monoisotopic (exact) mass is 805 g/mol. The molecular formula is C39H55N11O8. The van der Waals surface area contributed by atoms with Gasteiger partial charge >= 0.3 is 12.1 Å². The standard InChI is InChI=1S/C39H55N11O8/c1-4-5-12-30-47-33-34(50(30)19-21-56-20-17-40)27-9-6-7-10-28(27)45-35(33)49-39(55)57-22-25-13-15-26(16-14-25)44-36(52)29(11-8-18-43-38(41)54)46-37(53)32(24(2)3)48-31(51)23-58-42/h6-7,9-10,13-16,24,29,32H,4-5,8,11-12,17-23,40,42H2,1-3H3,(H,44,52)(H,46,53)(H,48,51)(H3,41,43,54)(H,45,49,55)/t29-,32-/m1/s1. The number of ether oxygens (including phenoxy) is 2. The Morgan fingerprint density at radius 3 is 2.36 bits per heavy atom. The number of benzene rings is 2. The van der Waals surface area contributed by atoms with Crippen LogP contribution in [0, 0.1) is 5.92 Å². The van der Waals surface area contributed by atoms with Gasteiger partial charge in [-0.05, 0) is 48.9 Å². The highest BCUT2D eigenvalue weighted by molar-refractivity contribution is 6.09. The van der Waals surface area contributed by atoms with Crippen molar-refractivity contribution in [2.75, 3.05) is 43.5 Å². The van der Waals surface area contributed by atoms with E-state index in [1.54, 1.807) is 38.1 Å². The lowest BCUT2D eigenvalue weighted by atomic mass is 10.0. The van der Waals surface area contributed by atoms with Crippen LogP contribution < -0.4 is 43.9 Å². The van der Waals surface area contributed by atoms with Crippen molar-refractivity contribution in [2.24, 2.45) is 23.3 Å². The summed E-state index contributed by atoms with van der Waals surface area (Å²) in [5.74, 6) is 4.07. The molecule has 0 saturated heterocycles. The number of amides is 6. The van der Waals surface area contributed by atoms with Gasteiger partial charge in [-0.15, -0.1) is 0 Å². The number of nitrogens with zero attached hydrogens (tertiary/aromatic N) is 3. The van der Waals surface area contributed by atoms with Gasteiger partial charge in [0.05, 0.1) is 24.2 Å².